The molecule has 1 unspecified atom stereocenters. The fourth-order valence-electron chi connectivity index (χ4n) is 1.86. The fourth-order valence-corrected chi connectivity index (χ4v) is 1.86. The van der Waals surface area contributed by atoms with E-state index >= 15 is 0 Å². The number of allylic oxidation sites excluding steroid dienone is 3. The third-order valence-electron chi connectivity index (χ3n) is 2.84. The van der Waals surface area contributed by atoms with Crippen LogP contribution in [0.2, 0.25) is 0 Å². The maximum absolute atomic E-state index is 11.2. The second kappa shape index (κ2) is 7.04. The van der Waals surface area contributed by atoms with Gasteiger partial charge in [0.2, 0.25) is 5.91 Å². The number of hydrogen-bond acceptors (Lipinski definition) is 1. The lowest BCUT2D eigenvalue weighted by Gasteiger charge is -2.18. The van der Waals surface area contributed by atoms with Gasteiger partial charge in [-0.3, -0.25) is 4.79 Å². The second-order valence-corrected chi connectivity index (χ2v) is 4.19. The molecule has 16 heavy (non-hydrogen) atoms. The van der Waals surface area contributed by atoms with E-state index in [1.54, 1.807) is 17.9 Å². The van der Waals surface area contributed by atoms with Crippen LogP contribution in [0.5, 0.6) is 0 Å². The second-order valence-electron chi connectivity index (χ2n) is 4.19. The maximum Gasteiger partial charge on any atom is 0.220 e. The number of nitrogens with zero attached hydrogens (tertiary/aromatic N) is 1. The number of carbonyl (C=O) groups is 1. The summed E-state index contributed by atoms with van der Waals surface area (Å²) in [5, 5.41) is 0. The summed E-state index contributed by atoms with van der Waals surface area (Å²) < 4.78 is 0. The first-order valence-electron chi connectivity index (χ1n) is 5.92. The van der Waals surface area contributed by atoms with Crippen molar-refractivity contribution < 1.29 is 4.79 Å². The van der Waals surface area contributed by atoms with Crippen molar-refractivity contribution in [2.24, 2.45) is 5.92 Å². The van der Waals surface area contributed by atoms with Gasteiger partial charge in [0.25, 0.3) is 0 Å². The van der Waals surface area contributed by atoms with Gasteiger partial charge in [0.05, 0.1) is 0 Å². The molecule has 0 N–H and O–H groups in total. The lowest BCUT2D eigenvalue weighted by molar-refractivity contribution is -0.127. The standard InChI is InChI=1S/C14H21NO/c1-3-11-15(13(2)16)12-7-10-14-8-5-4-6-9-14/h3-5,7,10,14H,1,6,8-9,11-12H2,2H3/b10-7+. The van der Waals surface area contributed by atoms with E-state index in [1.807, 2.05) is 0 Å². The fraction of sp³-hybridized carbons (Fsp3) is 0.500. The van der Waals surface area contributed by atoms with Gasteiger partial charge in [-0.05, 0) is 25.2 Å². The molecule has 0 spiro atoms. The van der Waals surface area contributed by atoms with Crippen LogP contribution in [-0.2, 0) is 4.79 Å². The molecule has 88 valence electrons. The summed E-state index contributed by atoms with van der Waals surface area (Å²) >= 11 is 0. The van der Waals surface area contributed by atoms with Crippen LogP contribution in [0, 0.1) is 5.92 Å². The average molecular weight is 219 g/mol. The van der Waals surface area contributed by atoms with Crippen molar-refractivity contribution in [1.29, 1.82) is 0 Å². The van der Waals surface area contributed by atoms with E-state index in [2.05, 4.69) is 30.9 Å². The van der Waals surface area contributed by atoms with E-state index in [-0.39, 0.29) is 5.91 Å². The Labute approximate surface area is 98.3 Å². The molecule has 1 amide bonds. The zero-order valence-corrected chi connectivity index (χ0v) is 10.1. The van der Waals surface area contributed by atoms with Crippen molar-refractivity contribution in [3.05, 3.63) is 37.0 Å². The predicted octanol–water partition coefficient (Wildman–Crippen LogP) is 2.93. The van der Waals surface area contributed by atoms with E-state index in [0.717, 1.165) is 6.42 Å². The van der Waals surface area contributed by atoms with Crippen molar-refractivity contribution in [3.63, 3.8) is 0 Å². The number of amides is 1. The highest BCUT2D eigenvalue weighted by atomic mass is 16.2. The Kier molecular flexibility index (Phi) is 5.62. The first-order chi connectivity index (χ1) is 7.74. The van der Waals surface area contributed by atoms with E-state index in [1.165, 1.54) is 12.8 Å². The lowest BCUT2D eigenvalue weighted by atomic mass is 9.94. The van der Waals surface area contributed by atoms with E-state index in [9.17, 15) is 4.79 Å². The molecule has 0 aromatic carbocycles. The largest absolute Gasteiger partial charge is 0.336 e. The molecule has 0 radical (unpaired) electrons. The lowest BCUT2D eigenvalue weighted by Crippen LogP contribution is -2.28. The third kappa shape index (κ3) is 4.47. The normalized spacial score (nSPS) is 19.9. The minimum Gasteiger partial charge on any atom is -0.336 e. The minimum atomic E-state index is 0.105. The summed E-state index contributed by atoms with van der Waals surface area (Å²) in [5.74, 6) is 0.760. The van der Waals surface area contributed by atoms with Crippen molar-refractivity contribution in [2.75, 3.05) is 13.1 Å². The van der Waals surface area contributed by atoms with Crippen molar-refractivity contribution in [1.82, 2.24) is 4.90 Å². The number of hydrogen-bond donors (Lipinski definition) is 0. The highest BCUT2D eigenvalue weighted by Crippen LogP contribution is 2.18. The number of rotatable bonds is 5. The van der Waals surface area contributed by atoms with Crippen LogP contribution in [0.15, 0.2) is 37.0 Å². The summed E-state index contributed by atoms with van der Waals surface area (Å²) in [6, 6.07) is 0. The molecule has 0 bridgehead atoms. The molecule has 1 aliphatic carbocycles. The Morgan fingerprint density at radius 3 is 2.88 bits per heavy atom. The van der Waals surface area contributed by atoms with Gasteiger partial charge in [-0.1, -0.05) is 30.4 Å². The maximum atomic E-state index is 11.2. The van der Waals surface area contributed by atoms with Crippen LogP contribution < -0.4 is 0 Å². The Morgan fingerprint density at radius 1 is 1.50 bits per heavy atom. The van der Waals surface area contributed by atoms with Gasteiger partial charge in [-0.15, -0.1) is 6.58 Å². The van der Waals surface area contributed by atoms with Crippen molar-refractivity contribution in [2.45, 2.75) is 26.2 Å². The molecule has 0 saturated carbocycles. The molecule has 0 aliphatic heterocycles. The Hall–Kier alpha value is -1.31. The van der Waals surface area contributed by atoms with Gasteiger partial charge in [0.15, 0.2) is 0 Å². The molecular formula is C14H21NO. The molecular weight excluding hydrogens is 198 g/mol. The summed E-state index contributed by atoms with van der Waals surface area (Å²) in [7, 11) is 0. The van der Waals surface area contributed by atoms with Crippen LogP contribution in [0.1, 0.15) is 26.2 Å². The Morgan fingerprint density at radius 2 is 2.31 bits per heavy atom. The highest BCUT2D eigenvalue weighted by molar-refractivity contribution is 5.73. The zero-order chi connectivity index (χ0) is 11.8. The topological polar surface area (TPSA) is 20.3 Å². The summed E-state index contributed by atoms with van der Waals surface area (Å²) in [6.45, 7) is 6.58. The monoisotopic (exact) mass is 219 g/mol. The summed E-state index contributed by atoms with van der Waals surface area (Å²) in [6.07, 6.45) is 14.1. The minimum absolute atomic E-state index is 0.105. The van der Waals surface area contributed by atoms with Crippen LogP contribution in [0.4, 0.5) is 0 Å². The third-order valence-corrected chi connectivity index (χ3v) is 2.84. The average Bonchev–Trinajstić information content (AvgIpc) is 2.29. The van der Waals surface area contributed by atoms with E-state index in [0.29, 0.717) is 19.0 Å². The highest BCUT2D eigenvalue weighted by Gasteiger charge is 2.06. The Bertz CT molecular complexity index is 291. The van der Waals surface area contributed by atoms with Crippen LogP contribution in [0.25, 0.3) is 0 Å². The molecule has 2 nitrogen and oxygen atoms in total. The molecule has 0 saturated heterocycles. The SMILES string of the molecule is C=CCN(C/C=C/C1CC=CCC1)C(C)=O. The van der Waals surface area contributed by atoms with Gasteiger partial charge in [-0.2, -0.15) is 0 Å². The van der Waals surface area contributed by atoms with Gasteiger partial charge in [0.1, 0.15) is 0 Å². The first kappa shape index (κ1) is 12.8. The molecule has 1 rings (SSSR count). The molecule has 1 aliphatic rings. The first-order valence-corrected chi connectivity index (χ1v) is 5.92. The molecule has 0 fully saturated rings. The van der Waals surface area contributed by atoms with E-state index in [4.69, 9.17) is 0 Å². The molecule has 0 aromatic heterocycles. The van der Waals surface area contributed by atoms with Crippen molar-refractivity contribution in [3.8, 4) is 0 Å². The zero-order valence-electron chi connectivity index (χ0n) is 10.1. The van der Waals surface area contributed by atoms with Gasteiger partial charge in [-0.25, -0.2) is 0 Å². The van der Waals surface area contributed by atoms with Crippen LogP contribution in [-0.4, -0.2) is 23.9 Å². The molecule has 1 atom stereocenters. The number of carbonyl (C=O) groups excluding carboxylic acids is 1. The molecule has 0 aromatic rings. The Balaban J connectivity index is 2.35. The summed E-state index contributed by atoms with van der Waals surface area (Å²) in [4.78, 5) is 13.0. The smallest absolute Gasteiger partial charge is 0.220 e. The van der Waals surface area contributed by atoms with Crippen LogP contribution >= 0.6 is 0 Å². The summed E-state index contributed by atoms with van der Waals surface area (Å²) in [5.41, 5.74) is 0. The van der Waals surface area contributed by atoms with Crippen molar-refractivity contribution >= 4 is 5.91 Å². The van der Waals surface area contributed by atoms with Gasteiger partial charge in [0, 0.05) is 20.0 Å². The quantitative estimate of drug-likeness (QED) is 0.651. The molecule has 0 heterocycles. The molecule has 2 heteroatoms. The van der Waals surface area contributed by atoms with Crippen LogP contribution in [0.3, 0.4) is 0 Å². The van der Waals surface area contributed by atoms with Gasteiger partial charge < -0.3 is 4.90 Å². The van der Waals surface area contributed by atoms with E-state index < -0.39 is 0 Å². The predicted molar refractivity (Wildman–Crippen MR) is 68.1 cm³/mol. The van der Waals surface area contributed by atoms with Gasteiger partial charge >= 0.3 is 0 Å².